The van der Waals surface area contributed by atoms with Gasteiger partial charge in [-0.05, 0) is 49.1 Å². The number of amides is 2. The molecule has 27 heavy (non-hydrogen) atoms. The molecule has 1 saturated carbocycles. The molecule has 0 atom stereocenters. The lowest BCUT2D eigenvalue weighted by molar-refractivity contribution is -0.121. The van der Waals surface area contributed by atoms with Crippen LogP contribution < -0.4 is 10.2 Å². The number of anilines is 2. The molecule has 2 aliphatic rings. The lowest BCUT2D eigenvalue weighted by atomic mass is 10.2. The number of carbonyl (C=O) groups is 3. The van der Waals surface area contributed by atoms with Gasteiger partial charge in [-0.3, -0.25) is 9.59 Å². The molecule has 1 N–H and O–H groups in total. The van der Waals surface area contributed by atoms with Crippen molar-refractivity contribution in [3.63, 3.8) is 0 Å². The third-order valence-corrected chi connectivity index (χ3v) is 4.83. The second-order valence-corrected chi connectivity index (χ2v) is 6.84. The highest BCUT2D eigenvalue weighted by molar-refractivity contribution is 5.99. The molecule has 2 aromatic carbocycles. The minimum Gasteiger partial charge on any atom is -0.452 e. The summed E-state index contributed by atoms with van der Waals surface area (Å²) in [5.74, 6) is -0.769. The first-order valence-corrected chi connectivity index (χ1v) is 9.08. The number of hydrogen-bond donors (Lipinski definition) is 1. The average Bonchev–Trinajstić information content (AvgIpc) is 3.45. The first kappa shape index (κ1) is 17.3. The maximum Gasteiger partial charge on any atom is 0.338 e. The second-order valence-electron chi connectivity index (χ2n) is 6.84. The van der Waals surface area contributed by atoms with E-state index in [2.05, 4.69) is 5.32 Å². The molecule has 1 aliphatic heterocycles. The van der Waals surface area contributed by atoms with Crippen LogP contribution >= 0.6 is 0 Å². The molecule has 0 radical (unpaired) electrons. The lowest BCUT2D eigenvalue weighted by Crippen LogP contribution is -2.33. The zero-order valence-electron chi connectivity index (χ0n) is 14.8. The van der Waals surface area contributed by atoms with E-state index in [1.807, 2.05) is 24.3 Å². The molecule has 6 heteroatoms. The normalized spacial score (nSPS) is 15.2. The number of ether oxygens (including phenoxy) is 1. The number of nitrogens with zero attached hydrogens (tertiary/aromatic N) is 1. The fourth-order valence-electron chi connectivity index (χ4n) is 3.20. The van der Waals surface area contributed by atoms with Crippen LogP contribution in [0.4, 0.5) is 11.4 Å². The molecule has 0 unspecified atom stereocenters. The van der Waals surface area contributed by atoms with Gasteiger partial charge in [-0.15, -0.1) is 0 Å². The SMILES string of the molecule is O=C(OCC(=O)N1CCc2ccccc21)c1cccc(NC(=O)C2CC2)c1. The molecule has 2 aromatic rings. The number of carbonyl (C=O) groups excluding carboxylic acids is 3. The third kappa shape index (κ3) is 3.84. The second kappa shape index (κ2) is 7.23. The maximum absolute atomic E-state index is 12.4. The highest BCUT2D eigenvalue weighted by Crippen LogP contribution is 2.30. The summed E-state index contributed by atoms with van der Waals surface area (Å²) in [6.07, 6.45) is 2.63. The fraction of sp³-hybridized carbons (Fsp3) is 0.286. The van der Waals surface area contributed by atoms with Crippen LogP contribution in [0.25, 0.3) is 0 Å². The van der Waals surface area contributed by atoms with Crippen molar-refractivity contribution in [1.82, 2.24) is 0 Å². The Morgan fingerprint density at radius 3 is 2.70 bits per heavy atom. The number of fused-ring (bicyclic) bond motifs is 1. The van der Waals surface area contributed by atoms with Gasteiger partial charge < -0.3 is 15.0 Å². The zero-order valence-corrected chi connectivity index (χ0v) is 14.8. The van der Waals surface area contributed by atoms with Crippen LogP contribution in [-0.4, -0.2) is 30.9 Å². The maximum atomic E-state index is 12.4. The summed E-state index contributed by atoms with van der Waals surface area (Å²) >= 11 is 0. The van der Waals surface area contributed by atoms with Gasteiger partial charge in [0.2, 0.25) is 5.91 Å². The van der Waals surface area contributed by atoms with Gasteiger partial charge >= 0.3 is 5.97 Å². The van der Waals surface area contributed by atoms with Crippen molar-refractivity contribution in [2.45, 2.75) is 19.3 Å². The Bertz CT molecular complexity index is 905. The Labute approximate surface area is 157 Å². The highest BCUT2D eigenvalue weighted by atomic mass is 16.5. The first-order valence-electron chi connectivity index (χ1n) is 9.08. The van der Waals surface area contributed by atoms with Gasteiger partial charge in [-0.2, -0.15) is 0 Å². The van der Waals surface area contributed by atoms with Gasteiger partial charge in [-0.1, -0.05) is 24.3 Å². The number of esters is 1. The quantitative estimate of drug-likeness (QED) is 0.828. The molecule has 1 aliphatic carbocycles. The van der Waals surface area contributed by atoms with Gasteiger partial charge in [-0.25, -0.2) is 4.79 Å². The largest absolute Gasteiger partial charge is 0.452 e. The van der Waals surface area contributed by atoms with E-state index in [9.17, 15) is 14.4 Å². The summed E-state index contributed by atoms with van der Waals surface area (Å²) in [6.45, 7) is 0.282. The summed E-state index contributed by atoms with van der Waals surface area (Å²) in [6, 6.07) is 14.3. The van der Waals surface area contributed by atoms with Crippen LogP contribution in [0.2, 0.25) is 0 Å². The molecular weight excluding hydrogens is 344 g/mol. The molecule has 0 saturated heterocycles. The summed E-state index contributed by atoms with van der Waals surface area (Å²) in [5, 5.41) is 2.80. The average molecular weight is 364 g/mol. The summed E-state index contributed by atoms with van der Waals surface area (Å²) in [4.78, 5) is 38.2. The molecule has 138 valence electrons. The predicted molar refractivity (Wildman–Crippen MR) is 101 cm³/mol. The van der Waals surface area contributed by atoms with Crippen LogP contribution in [0.15, 0.2) is 48.5 Å². The van der Waals surface area contributed by atoms with Crippen molar-refractivity contribution in [3.8, 4) is 0 Å². The molecule has 1 fully saturated rings. The Kier molecular flexibility index (Phi) is 4.62. The minimum absolute atomic E-state index is 0.0246. The van der Waals surface area contributed by atoms with Crippen LogP contribution in [0.3, 0.4) is 0 Å². The van der Waals surface area contributed by atoms with Gasteiger partial charge in [0.25, 0.3) is 5.91 Å². The Hall–Kier alpha value is -3.15. The molecule has 0 bridgehead atoms. The number of rotatable bonds is 5. The Balaban J connectivity index is 1.35. The molecule has 0 aromatic heterocycles. The third-order valence-electron chi connectivity index (χ3n) is 4.83. The first-order chi connectivity index (χ1) is 13.1. The Morgan fingerprint density at radius 1 is 1.07 bits per heavy atom. The molecule has 6 nitrogen and oxygen atoms in total. The van der Waals surface area contributed by atoms with Gasteiger partial charge in [0.1, 0.15) is 0 Å². The zero-order chi connectivity index (χ0) is 18.8. The van der Waals surface area contributed by atoms with Crippen molar-refractivity contribution in [2.75, 3.05) is 23.4 Å². The van der Waals surface area contributed by atoms with Crippen LogP contribution in [-0.2, 0) is 20.7 Å². The van der Waals surface area contributed by atoms with E-state index in [0.29, 0.717) is 17.8 Å². The summed E-state index contributed by atoms with van der Waals surface area (Å²) in [5.41, 5.74) is 2.86. The van der Waals surface area contributed by atoms with Crippen molar-refractivity contribution < 1.29 is 19.1 Å². The van der Waals surface area contributed by atoms with Crippen molar-refractivity contribution in [3.05, 3.63) is 59.7 Å². The molecular formula is C21H20N2O4. The van der Waals surface area contributed by atoms with Crippen LogP contribution in [0.1, 0.15) is 28.8 Å². The highest BCUT2D eigenvalue weighted by Gasteiger charge is 2.29. The molecule has 1 heterocycles. The van der Waals surface area contributed by atoms with E-state index in [-0.39, 0.29) is 24.3 Å². The van der Waals surface area contributed by atoms with Crippen molar-refractivity contribution >= 4 is 29.2 Å². The van der Waals surface area contributed by atoms with E-state index in [1.165, 1.54) is 0 Å². The summed E-state index contributed by atoms with van der Waals surface area (Å²) < 4.78 is 5.19. The van der Waals surface area contributed by atoms with Crippen LogP contribution in [0.5, 0.6) is 0 Å². The van der Waals surface area contributed by atoms with E-state index in [0.717, 1.165) is 30.5 Å². The fourth-order valence-corrected chi connectivity index (χ4v) is 3.20. The number of hydrogen-bond acceptors (Lipinski definition) is 4. The number of benzene rings is 2. The van der Waals surface area contributed by atoms with Crippen LogP contribution in [0, 0.1) is 5.92 Å². The molecule has 4 rings (SSSR count). The predicted octanol–water partition coefficient (Wildman–Crippen LogP) is 2.78. The van der Waals surface area contributed by atoms with Gasteiger partial charge in [0.15, 0.2) is 6.61 Å². The number of nitrogens with one attached hydrogen (secondary N) is 1. The lowest BCUT2D eigenvalue weighted by Gasteiger charge is -2.17. The minimum atomic E-state index is -0.585. The van der Waals surface area contributed by atoms with Gasteiger partial charge in [0, 0.05) is 23.8 Å². The topological polar surface area (TPSA) is 75.7 Å². The Morgan fingerprint density at radius 2 is 1.89 bits per heavy atom. The van der Waals surface area contributed by atoms with Gasteiger partial charge in [0.05, 0.1) is 5.56 Å². The molecule has 2 amide bonds. The number of para-hydroxylation sites is 1. The van der Waals surface area contributed by atoms with E-state index in [1.54, 1.807) is 29.2 Å². The van der Waals surface area contributed by atoms with E-state index in [4.69, 9.17) is 4.74 Å². The molecule has 0 spiro atoms. The monoisotopic (exact) mass is 364 g/mol. The smallest absolute Gasteiger partial charge is 0.338 e. The standard InChI is InChI=1S/C21H20N2O4/c24-19(23-11-10-14-4-1-2-7-18(14)23)13-27-21(26)16-5-3-6-17(12-16)22-20(25)15-8-9-15/h1-7,12,15H,8-11,13H2,(H,22,25). The summed E-state index contributed by atoms with van der Waals surface area (Å²) in [7, 11) is 0. The van der Waals surface area contributed by atoms with E-state index >= 15 is 0 Å². The van der Waals surface area contributed by atoms with Crippen molar-refractivity contribution in [1.29, 1.82) is 0 Å². The van der Waals surface area contributed by atoms with E-state index < -0.39 is 5.97 Å². The van der Waals surface area contributed by atoms with Crippen molar-refractivity contribution in [2.24, 2.45) is 5.92 Å².